The molecule has 1 aromatic carbocycles. The van der Waals surface area contributed by atoms with Gasteiger partial charge < -0.3 is 15.8 Å². The van der Waals surface area contributed by atoms with Gasteiger partial charge in [-0.25, -0.2) is 0 Å². The average molecular weight is 369 g/mol. The Balaban J connectivity index is 0.00000529. The fraction of sp³-hybridized carbons (Fsp3) is 0.562. The Kier molecular flexibility index (Phi) is 8.05. The van der Waals surface area contributed by atoms with Gasteiger partial charge in [-0.15, -0.1) is 12.4 Å². The van der Waals surface area contributed by atoms with Gasteiger partial charge in [-0.3, -0.25) is 4.79 Å². The second kappa shape index (κ2) is 8.58. The van der Waals surface area contributed by atoms with E-state index in [0.717, 1.165) is 6.07 Å². The van der Waals surface area contributed by atoms with Crippen molar-refractivity contribution in [2.24, 2.45) is 11.1 Å². The van der Waals surface area contributed by atoms with Crippen LogP contribution in [0.15, 0.2) is 24.3 Å². The first kappa shape index (κ1) is 22.5. The summed E-state index contributed by atoms with van der Waals surface area (Å²) in [7, 11) is 0. The number of alkyl halides is 3. The molecule has 2 atom stereocenters. The maximum Gasteiger partial charge on any atom is 0.419 e. The number of amides is 1. The monoisotopic (exact) mass is 368 g/mol. The number of hydrogen-bond acceptors (Lipinski definition) is 3. The average Bonchev–Trinajstić information content (AvgIpc) is 2.42. The Bertz CT molecular complexity index is 545. The first-order chi connectivity index (χ1) is 10.4. The molecule has 0 aliphatic heterocycles. The third-order valence-electron chi connectivity index (χ3n) is 3.29. The molecule has 0 radical (unpaired) electrons. The van der Waals surface area contributed by atoms with Crippen molar-refractivity contribution in [2.75, 3.05) is 6.61 Å². The van der Waals surface area contributed by atoms with Gasteiger partial charge in [0.2, 0.25) is 5.91 Å². The summed E-state index contributed by atoms with van der Waals surface area (Å²) < 4.78 is 43.8. The number of carbonyl (C=O) groups is 1. The molecular formula is C16H24ClF3N2O2. The maximum absolute atomic E-state index is 12.9. The molecule has 3 N–H and O–H groups in total. The van der Waals surface area contributed by atoms with E-state index in [9.17, 15) is 18.0 Å². The molecule has 24 heavy (non-hydrogen) atoms. The van der Waals surface area contributed by atoms with E-state index >= 15 is 0 Å². The Morgan fingerprint density at radius 1 is 1.25 bits per heavy atom. The van der Waals surface area contributed by atoms with Crippen molar-refractivity contribution < 1.29 is 22.7 Å². The van der Waals surface area contributed by atoms with E-state index in [2.05, 4.69) is 5.32 Å². The highest BCUT2D eigenvalue weighted by Crippen LogP contribution is 2.35. The molecule has 0 fully saturated rings. The minimum atomic E-state index is -4.49. The van der Waals surface area contributed by atoms with Crippen LogP contribution in [-0.4, -0.2) is 24.6 Å². The number of nitrogens with one attached hydrogen (secondary N) is 1. The zero-order valence-electron chi connectivity index (χ0n) is 14.1. The largest absolute Gasteiger partial charge is 0.491 e. The van der Waals surface area contributed by atoms with Gasteiger partial charge in [-0.2, -0.15) is 13.2 Å². The van der Waals surface area contributed by atoms with Crippen molar-refractivity contribution in [2.45, 2.75) is 46.0 Å². The van der Waals surface area contributed by atoms with E-state index < -0.39 is 29.2 Å². The molecule has 0 aliphatic carbocycles. The highest BCUT2D eigenvalue weighted by molar-refractivity contribution is 5.85. The Morgan fingerprint density at radius 3 is 2.29 bits per heavy atom. The van der Waals surface area contributed by atoms with Gasteiger partial charge in [0.25, 0.3) is 0 Å². The zero-order chi connectivity index (χ0) is 17.8. The minimum absolute atomic E-state index is 0. The number of hydrogen-bond donors (Lipinski definition) is 2. The molecule has 0 heterocycles. The number of para-hydroxylation sites is 1. The normalized spacial score (nSPS) is 14.3. The number of halogens is 4. The van der Waals surface area contributed by atoms with Crippen LogP contribution in [-0.2, 0) is 11.0 Å². The number of rotatable bonds is 5. The number of benzene rings is 1. The fourth-order valence-electron chi connectivity index (χ4n) is 1.81. The first-order valence-electron chi connectivity index (χ1n) is 7.28. The standard InChI is InChI=1S/C16H23F3N2O2.ClH/c1-10(21-14(22)13(20)15(2,3)4)9-23-12-8-6-5-7-11(12)16(17,18)19;/h5-8,10,13H,9,20H2,1-4H3,(H,21,22);1H/t10?,13-;/m1./s1. The molecule has 0 saturated heterocycles. The van der Waals surface area contributed by atoms with Crippen molar-refractivity contribution in [3.8, 4) is 5.75 Å². The van der Waals surface area contributed by atoms with E-state index in [4.69, 9.17) is 10.5 Å². The maximum atomic E-state index is 12.9. The van der Waals surface area contributed by atoms with Crippen LogP contribution < -0.4 is 15.8 Å². The Hall–Kier alpha value is -1.47. The Morgan fingerprint density at radius 2 is 1.79 bits per heavy atom. The van der Waals surface area contributed by atoms with Gasteiger partial charge in [0.1, 0.15) is 12.4 Å². The van der Waals surface area contributed by atoms with Gasteiger partial charge in [0.15, 0.2) is 0 Å². The zero-order valence-corrected chi connectivity index (χ0v) is 14.9. The molecule has 0 aliphatic rings. The Labute approximate surface area is 146 Å². The smallest absolute Gasteiger partial charge is 0.419 e. The van der Waals surface area contributed by atoms with Crippen molar-refractivity contribution in [3.63, 3.8) is 0 Å². The van der Waals surface area contributed by atoms with E-state index in [1.807, 2.05) is 20.8 Å². The lowest BCUT2D eigenvalue weighted by atomic mass is 9.87. The van der Waals surface area contributed by atoms with Gasteiger partial charge >= 0.3 is 6.18 Å². The van der Waals surface area contributed by atoms with E-state index in [0.29, 0.717) is 0 Å². The summed E-state index contributed by atoms with van der Waals surface area (Å²) in [5.74, 6) is -0.626. The van der Waals surface area contributed by atoms with Gasteiger partial charge in [-0.05, 0) is 24.5 Å². The second-order valence-electron chi connectivity index (χ2n) is 6.56. The van der Waals surface area contributed by atoms with Crippen LogP contribution in [0.4, 0.5) is 13.2 Å². The molecular weight excluding hydrogens is 345 g/mol. The van der Waals surface area contributed by atoms with Crippen LogP contribution in [0, 0.1) is 5.41 Å². The molecule has 8 heteroatoms. The van der Waals surface area contributed by atoms with E-state index in [1.54, 1.807) is 6.92 Å². The van der Waals surface area contributed by atoms with Crippen molar-refractivity contribution in [1.82, 2.24) is 5.32 Å². The summed E-state index contributed by atoms with van der Waals surface area (Å²) >= 11 is 0. The third kappa shape index (κ3) is 6.57. The lowest BCUT2D eigenvalue weighted by molar-refractivity contribution is -0.139. The summed E-state index contributed by atoms with van der Waals surface area (Å²) in [5, 5.41) is 2.64. The molecule has 0 saturated carbocycles. The van der Waals surface area contributed by atoms with E-state index in [1.165, 1.54) is 18.2 Å². The van der Waals surface area contributed by atoms with Crippen molar-refractivity contribution in [3.05, 3.63) is 29.8 Å². The van der Waals surface area contributed by atoms with Crippen LogP contribution in [0.25, 0.3) is 0 Å². The topological polar surface area (TPSA) is 64.3 Å². The highest BCUT2D eigenvalue weighted by Gasteiger charge is 2.34. The minimum Gasteiger partial charge on any atom is -0.491 e. The molecule has 1 rings (SSSR count). The third-order valence-corrected chi connectivity index (χ3v) is 3.29. The van der Waals surface area contributed by atoms with Crippen LogP contribution >= 0.6 is 12.4 Å². The molecule has 1 aromatic rings. The summed E-state index contributed by atoms with van der Waals surface area (Å²) in [4.78, 5) is 12.0. The molecule has 4 nitrogen and oxygen atoms in total. The first-order valence-corrected chi connectivity index (χ1v) is 7.28. The predicted molar refractivity (Wildman–Crippen MR) is 89.2 cm³/mol. The lowest BCUT2D eigenvalue weighted by Gasteiger charge is -2.27. The summed E-state index contributed by atoms with van der Waals surface area (Å²) in [6.07, 6.45) is -4.49. The molecule has 1 amide bonds. The lowest BCUT2D eigenvalue weighted by Crippen LogP contribution is -2.51. The summed E-state index contributed by atoms with van der Waals surface area (Å²) in [6, 6.07) is 3.77. The molecule has 0 bridgehead atoms. The molecule has 0 aromatic heterocycles. The second-order valence-corrected chi connectivity index (χ2v) is 6.56. The summed E-state index contributed by atoms with van der Waals surface area (Å²) in [5.41, 5.74) is 4.58. The number of ether oxygens (including phenoxy) is 1. The van der Waals surface area contributed by atoms with Crippen LogP contribution in [0.1, 0.15) is 33.3 Å². The van der Waals surface area contributed by atoms with Crippen molar-refractivity contribution >= 4 is 18.3 Å². The summed E-state index contributed by atoms with van der Waals surface area (Å²) in [6.45, 7) is 7.05. The predicted octanol–water partition coefficient (Wildman–Crippen LogP) is 3.38. The highest BCUT2D eigenvalue weighted by atomic mass is 35.5. The van der Waals surface area contributed by atoms with Crippen LogP contribution in [0.2, 0.25) is 0 Å². The van der Waals surface area contributed by atoms with Gasteiger partial charge in [-0.1, -0.05) is 32.9 Å². The molecule has 138 valence electrons. The van der Waals surface area contributed by atoms with E-state index in [-0.39, 0.29) is 30.7 Å². The van der Waals surface area contributed by atoms with Crippen molar-refractivity contribution in [1.29, 1.82) is 0 Å². The van der Waals surface area contributed by atoms with Gasteiger partial charge in [0, 0.05) is 0 Å². The van der Waals surface area contributed by atoms with Crippen LogP contribution in [0.5, 0.6) is 5.75 Å². The number of nitrogens with two attached hydrogens (primary N) is 1. The SMILES string of the molecule is CC(COc1ccccc1C(F)(F)F)NC(=O)[C@@H](N)C(C)(C)C.Cl. The van der Waals surface area contributed by atoms with Crippen LogP contribution in [0.3, 0.4) is 0 Å². The molecule has 1 unspecified atom stereocenters. The fourth-order valence-corrected chi connectivity index (χ4v) is 1.81. The number of carbonyl (C=O) groups excluding carboxylic acids is 1. The van der Waals surface area contributed by atoms with Gasteiger partial charge in [0.05, 0.1) is 17.6 Å². The quantitative estimate of drug-likeness (QED) is 0.837. The molecule has 0 spiro atoms.